The van der Waals surface area contributed by atoms with Gasteiger partial charge in [-0.1, -0.05) is 23.8 Å². The highest BCUT2D eigenvalue weighted by atomic mass is 16.5. The molecule has 0 amide bonds. The molecule has 4 aromatic rings. The molecule has 5 rings (SSSR count). The monoisotopic (exact) mass is 400 g/mol. The molecular weight excluding hydrogens is 376 g/mol. The van der Waals surface area contributed by atoms with E-state index in [0.29, 0.717) is 11.8 Å². The molecule has 0 aliphatic carbocycles. The quantitative estimate of drug-likeness (QED) is 0.497. The van der Waals surface area contributed by atoms with Gasteiger partial charge >= 0.3 is 0 Å². The molecule has 1 aromatic carbocycles. The molecule has 0 unspecified atom stereocenters. The Bertz CT molecular complexity index is 1130. The lowest BCUT2D eigenvalue weighted by molar-refractivity contribution is 0.135. The van der Waals surface area contributed by atoms with E-state index in [-0.39, 0.29) is 0 Å². The van der Waals surface area contributed by atoms with Crippen molar-refractivity contribution in [2.24, 2.45) is 0 Å². The van der Waals surface area contributed by atoms with Crippen molar-refractivity contribution in [1.29, 1.82) is 0 Å². The highest BCUT2D eigenvalue weighted by Gasteiger charge is 2.31. The Hall–Kier alpha value is -3.45. The van der Waals surface area contributed by atoms with Crippen LogP contribution in [0.3, 0.4) is 0 Å². The van der Waals surface area contributed by atoms with Crippen molar-refractivity contribution in [2.45, 2.75) is 19.4 Å². The molecule has 1 fully saturated rings. The topological polar surface area (TPSA) is 61.0 Å². The summed E-state index contributed by atoms with van der Waals surface area (Å²) in [5.41, 5.74) is 4.38. The first-order valence-corrected chi connectivity index (χ1v) is 10.1. The van der Waals surface area contributed by atoms with E-state index in [1.807, 2.05) is 39.8 Å². The predicted octanol–water partition coefficient (Wildman–Crippen LogP) is 3.37. The minimum absolute atomic E-state index is 0.400. The van der Waals surface area contributed by atoms with Gasteiger partial charge in [-0.05, 0) is 31.2 Å². The summed E-state index contributed by atoms with van der Waals surface area (Å²) in [5, 5.41) is 9.37. The number of benzene rings is 1. The fraction of sp³-hybridized carbons (Fsp3) is 0.261. The standard InChI is InChI=1S/C23H24N6O/c1-17-7-9-20(10-8-17)29-23(28-12-4-11-24-28)13-21(26-29)18-14-27(15-18)16-19-5-3-6-22(25-19)30-2/h3-13,18H,14-16H2,1-2H3. The second-order valence-corrected chi connectivity index (χ2v) is 7.69. The van der Waals surface area contributed by atoms with Crippen LogP contribution >= 0.6 is 0 Å². The van der Waals surface area contributed by atoms with E-state index in [9.17, 15) is 0 Å². The Morgan fingerprint density at radius 3 is 2.63 bits per heavy atom. The number of hydrogen-bond donors (Lipinski definition) is 0. The summed E-state index contributed by atoms with van der Waals surface area (Å²) in [4.78, 5) is 6.89. The second-order valence-electron chi connectivity index (χ2n) is 7.69. The Labute approximate surface area is 175 Å². The molecule has 0 radical (unpaired) electrons. The Balaban J connectivity index is 1.35. The van der Waals surface area contributed by atoms with Crippen molar-refractivity contribution in [3.63, 3.8) is 0 Å². The van der Waals surface area contributed by atoms with E-state index >= 15 is 0 Å². The zero-order chi connectivity index (χ0) is 20.5. The second kappa shape index (κ2) is 7.76. The van der Waals surface area contributed by atoms with E-state index in [4.69, 9.17) is 9.84 Å². The van der Waals surface area contributed by atoms with Gasteiger partial charge in [0, 0.05) is 50.1 Å². The van der Waals surface area contributed by atoms with Crippen LogP contribution in [0.15, 0.2) is 67.0 Å². The van der Waals surface area contributed by atoms with Gasteiger partial charge < -0.3 is 4.74 Å². The van der Waals surface area contributed by atoms with Crippen LogP contribution in [0.25, 0.3) is 11.5 Å². The number of likely N-dealkylation sites (tertiary alicyclic amines) is 1. The van der Waals surface area contributed by atoms with Crippen molar-refractivity contribution in [3.8, 4) is 17.4 Å². The minimum atomic E-state index is 0.400. The summed E-state index contributed by atoms with van der Waals surface area (Å²) in [7, 11) is 1.65. The van der Waals surface area contributed by atoms with Crippen LogP contribution in [0, 0.1) is 6.92 Å². The average Bonchev–Trinajstić information content (AvgIpc) is 3.41. The molecule has 7 heteroatoms. The lowest BCUT2D eigenvalue weighted by Crippen LogP contribution is -2.44. The van der Waals surface area contributed by atoms with E-state index in [2.05, 4.69) is 52.2 Å². The Kier molecular flexibility index (Phi) is 4.80. The van der Waals surface area contributed by atoms with Gasteiger partial charge in [-0.2, -0.15) is 10.2 Å². The molecule has 152 valence electrons. The Morgan fingerprint density at radius 2 is 1.90 bits per heavy atom. The lowest BCUT2D eigenvalue weighted by Gasteiger charge is -2.38. The van der Waals surface area contributed by atoms with Gasteiger partial charge in [-0.15, -0.1) is 0 Å². The molecule has 0 spiro atoms. The first kappa shape index (κ1) is 18.6. The maximum atomic E-state index is 5.23. The van der Waals surface area contributed by atoms with Crippen LogP contribution in [0.5, 0.6) is 5.88 Å². The van der Waals surface area contributed by atoms with Crippen LogP contribution in [0.4, 0.5) is 0 Å². The maximum Gasteiger partial charge on any atom is 0.213 e. The van der Waals surface area contributed by atoms with Crippen molar-refractivity contribution < 1.29 is 4.74 Å². The largest absolute Gasteiger partial charge is 0.481 e. The van der Waals surface area contributed by atoms with E-state index in [0.717, 1.165) is 42.5 Å². The molecule has 7 nitrogen and oxygen atoms in total. The van der Waals surface area contributed by atoms with Crippen LogP contribution in [-0.4, -0.2) is 49.6 Å². The van der Waals surface area contributed by atoms with Crippen molar-refractivity contribution >= 4 is 0 Å². The predicted molar refractivity (Wildman–Crippen MR) is 114 cm³/mol. The van der Waals surface area contributed by atoms with Crippen molar-refractivity contribution in [2.75, 3.05) is 20.2 Å². The molecule has 4 heterocycles. The molecule has 3 aromatic heterocycles. The van der Waals surface area contributed by atoms with Gasteiger partial charge in [-0.3, -0.25) is 4.90 Å². The first-order chi connectivity index (χ1) is 14.7. The zero-order valence-corrected chi connectivity index (χ0v) is 17.1. The fourth-order valence-electron chi connectivity index (χ4n) is 3.81. The molecule has 0 saturated carbocycles. The SMILES string of the molecule is COc1cccc(CN2CC(c3cc(-n4cccn4)n(-c4ccc(C)cc4)n3)C2)n1. The Morgan fingerprint density at radius 1 is 1.07 bits per heavy atom. The molecular formula is C23H24N6O. The third-order valence-electron chi connectivity index (χ3n) is 5.48. The third kappa shape index (κ3) is 3.59. The summed E-state index contributed by atoms with van der Waals surface area (Å²) in [6, 6.07) is 18.4. The van der Waals surface area contributed by atoms with Gasteiger partial charge in [0.05, 0.1) is 24.2 Å². The average molecular weight is 400 g/mol. The van der Waals surface area contributed by atoms with Crippen LogP contribution in [0.1, 0.15) is 22.9 Å². The number of aromatic nitrogens is 5. The number of ether oxygens (including phenoxy) is 1. The maximum absolute atomic E-state index is 5.23. The molecule has 1 aliphatic rings. The van der Waals surface area contributed by atoms with Crippen molar-refractivity contribution in [3.05, 3.63) is 83.9 Å². The smallest absolute Gasteiger partial charge is 0.213 e. The van der Waals surface area contributed by atoms with Crippen LogP contribution in [0.2, 0.25) is 0 Å². The fourth-order valence-corrected chi connectivity index (χ4v) is 3.81. The minimum Gasteiger partial charge on any atom is -0.481 e. The van der Waals surface area contributed by atoms with E-state index in [1.54, 1.807) is 13.3 Å². The molecule has 30 heavy (non-hydrogen) atoms. The number of nitrogens with zero attached hydrogens (tertiary/aromatic N) is 6. The van der Waals surface area contributed by atoms with Gasteiger partial charge in [-0.25, -0.2) is 14.3 Å². The summed E-state index contributed by atoms with van der Waals surface area (Å²) >= 11 is 0. The van der Waals surface area contributed by atoms with Gasteiger partial charge in [0.25, 0.3) is 0 Å². The van der Waals surface area contributed by atoms with Crippen LogP contribution in [-0.2, 0) is 6.54 Å². The van der Waals surface area contributed by atoms with Gasteiger partial charge in [0.1, 0.15) is 0 Å². The van der Waals surface area contributed by atoms with Gasteiger partial charge in [0.15, 0.2) is 5.82 Å². The molecule has 0 N–H and O–H groups in total. The van der Waals surface area contributed by atoms with E-state index < -0.39 is 0 Å². The van der Waals surface area contributed by atoms with Gasteiger partial charge in [0.2, 0.25) is 5.88 Å². The van der Waals surface area contributed by atoms with E-state index in [1.165, 1.54) is 5.56 Å². The molecule has 1 aliphatic heterocycles. The normalized spacial score (nSPS) is 14.6. The number of methoxy groups -OCH3 is 1. The number of hydrogen-bond acceptors (Lipinski definition) is 5. The molecule has 0 bridgehead atoms. The third-order valence-corrected chi connectivity index (χ3v) is 5.48. The molecule has 0 atom stereocenters. The van der Waals surface area contributed by atoms with Crippen molar-refractivity contribution in [1.82, 2.24) is 29.4 Å². The summed E-state index contributed by atoms with van der Waals surface area (Å²) in [6.45, 7) is 4.83. The highest BCUT2D eigenvalue weighted by Crippen LogP contribution is 2.30. The summed E-state index contributed by atoms with van der Waals surface area (Å²) < 4.78 is 9.08. The number of aryl methyl sites for hydroxylation is 1. The molecule has 1 saturated heterocycles. The first-order valence-electron chi connectivity index (χ1n) is 10.1. The number of rotatable bonds is 6. The highest BCUT2D eigenvalue weighted by molar-refractivity contribution is 5.41. The zero-order valence-electron chi connectivity index (χ0n) is 17.1. The number of pyridine rings is 1. The van der Waals surface area contributed by atoms with Crippen LogP contribution < -0.4 is 4.74 Å². The summed E-state index contributed by atoms with van der Waals surface area (Å²) in [5.74, 6) is 2.01. The lowest BCUT2D eigenvalue weighted by atomic mass is 9.96. The summed E-state index contributed by atoms with van der Waals surface area (Å²) in [6.07, 6.45) is 3.74.